The molecule has 1 amide bonds. The molecule has 1 heterocycles. The number of anilines is 1. The first-order valence-corrected chi connectivity index (χ1v) is 6.26. The summed E-state index contributed by atoms with van der Waals surface area (Å²) in [6, 6.07) is 7.24. The molecular formula is C13H8BrF3N2O. The van der Waals surface area contributed by atoms with Crippen molar-refractivity contribution in [1.82, 2.24) is 4.98 Å². The van der Waals surface area contributed by atoms with Gasteiger partial charge in [0.25, 0.3) is 5.91 Å². The van der Waals surface area contributed by atoms with Crippen LogP contribution in [0.2, 0.25) is 0 Å². The molecular weight excluding hydrogens is 337 g/mol. The van der Waals surface area contributed by atoms with Crippen LogP contribution in [0.25, 0.3) is 0 Å². The molecule has 0 unspecified atom stereocenters. The van der Waals surface area contributed by atoms with Crippen LogP contribution < -0.4 is 5.32 Å². The van der Waals surface area contributed by atoms with Gasteiger partial charge in [0.2, 0.25) is 0 Å². The normalized spacial score (nSPS) is 11.2. The van der Waals surface area contributed by atoms with E-state index in [0.29, 0.717) is 5.82 Å². The highest BCUT2D eigenvalue weighted by molar-refractivity contribution is 9.10. The van der Waals surface area contributed by atoms with Gasteiger partial charge >= 0.3 is 6.18 Å². The van der Waals surface area contributed by atoms with E-state index in [-0.39, 0.29) is 5.56 Å². The Morgan fingerprint density at radius 1 is 1.10 bits per heavy atom. The quantitative estimate of drug-likeness (QED) is 0.890. The molecule has 20 heavy (non-hydrogen) atoms. The monoisotopic (exact) mass is 344 g/mol. The summed E-state index contributed by atoms with van der Waals surface area (Å²) in [6.07, 6.45) is -2.91. The Bertz CT molecular complexity index is 609. The number of hydrogen-bond donors (Lipinski definition) is 1. The summed E-state index contributed by atoms with van der Waals surface area (Å²) in [6.45, 7) is 0. The number of hydrogen-bond acceptors (Lipinski definition) is 2. The lowest BCUT2D eigenvalue weighted by Gasteiger charge is -2.08. The van der Waals surface area contributed by atoms with Gasteiger partial charge in [-0.1, -0.05) is 0 Å². The Kier molecular flexibility index (Phi) is 4.08. The fraction of sp³-hybridized carbons (Fsp3) is 0.0769. The number of halogens is 4. The average molecular weight is 345 g/mol. The number of amides is 1. The molecule has 104 valence electrons. The minimum absolute atomic E-state index is 0.128. The van der Waals surface area contributed by atoms with Crippen LogP contribution in [0, 0.1) is 0 Å². The van der Waals surface area contributed by atoms with Gasteiger partial charge in [-0.05, 0) is 52.3 Å². The van der Waals surface area contributed by atoms with E-state index in [0.717, 1.165) is 28.7 Å². The van der Waals surface area contributed by atoms with Crippen molar-refractivity contribution in [2.45, 2.75) is 6.18 Å². The van der Waals surface area contributed by atoms with E-state index in [1.807, 2.05) is 0 Å². The van der Waals surface area contributed by atoms with Crippen LogP contribution in [0.15, 0.2) is 47.1 Å². The number of benzene rings is 1. The second-order valence-electron chi connectivity index (χ2n) is 3.89. The zero-order valence-corrected chi connectivity index (χ0v) is 11.5. The van der Waals surface area contributed by atoms with E-state index >= 15 is 0 Å². The zero-order valence-electron chi connectivity index (χ0n) is 9.91. The van der Waals surface area contributed by atoms with E-state index in [9.17, 15) is 18.0 Å². The van der Waals surface area contributed by atoms with Crippen LogP contribution in [0.5, 0.6) is 0 Å². The van der Waals surface area contributed by atoms with Crippen LogP contribution in [-0.4, -0.2) is 10.9 Å². The summed E-state index contributed by atoms with van der Waals surface area (Å²) < 4.78 is 37.9. The second kappa shape index (κ2) is 5.62. The molecule has 0 aliphatic heterocycles. The summed E-state index contributed by atoms with van der Waals surface area (Å²) >= 11 is 3.20. The number of aromatic nitrogens is 1. The fourth-order valence-corrected chi connectivity index (χ4v) is 1.68. The van der Waals surface area contributed by atoms with Gasteiger partial charge in [-0.3, -0.25) is 4.79 Å². The lowest BCUT2D eigenvalue weighted by molar-refractivity contribution is -0.137. The smallest absolute Gasteiger partial charge is 0.307 e. The number of alkyl halides is 3. The lowest BCUT2D eigenvalue weighted by atomic mass is 10.1. The van der Waals surface area contributed by atoms with Crippen LogP contribution >= 0.6 is 15.9 Å². The van der Waals surface area contributed by atoms with Gasteiger partial charge in [-0.25, -0.2) is 4.98 Å². The van der Waals surface area contributed by atoms with Crippen molar-refractivity contribution < 1.29 is 18.0 Å². The maximum absolute atomic E-state index is 12.4. The van der Waals surface area contributed by atoms with Crippen molar-refractivity contribution in [3.05, 3.63) is 58.2 Å². The molecule has 2 rings (SSSR count). The number of carbonyl (C=O) groups is 1. The SMILES string of the molecule is O=C(Nc1ccc(Br)cn1)c1ccc(C(F)(F)F)cc1. The lowest BCUT2D eigenvalue weighted by Crippen LogP contribution is -2.13. The minimum atomic E-state index is -4.41. The maximum atomic E-state index is 12.4. The average Bonchev–Trinajstić information content (AvgIpc) is 2.40. The number of rotatable bonds is 2. The van der Waals surface area contributed by atoms with E-state index in [2.05, 4.69) is 26.2 Å². The molecule has 0 saturated heterocycles. The van der Waals surface area contributed by atoms with Crippen LogP contribution in [0.3, 0.4) is 0 Å². The summed E-state index contributed by atoms with van der Waals surface area (Å²) in [7, 11) is 0. The molecule has 0 fully saturated rings. The van der Waals surface area contributed by atoms with Crippen molar-refractivity contribution in [1.29, 1.82) is 0 Å². The summed E-state index contributed by atoms with van der Waals surface area (Å²) in [5, 5.41) is 2.49. The molecule has 0 aliphatic carbocycles. The molecule has 1 N–H and O–H groups in total. The molecule has 0 radical (unpaired) electrons. The Morgan fingerprint density at radius 3 is 2.25 bits per heavy atom. The minimum Gasteiger partial charge on any atom is -0.307 e. The standard InChI is InChI=1S/C13H8BrF3N2O/c14-10-5-6-11(18-7-10)19-12(20)8-1-3-9(4-2-8)13(15,16)17/h1-7H,(H,18,19,20). The predicted octanol–water partition coefficient (Wildman–Crippen LogP) is 4.12. The van der Waals surface area contributed by atoms with Gasteiger partial charge in [-0.2, -0.15) is 13.2 Å². The summed E-state index contributed by atoms with van der Waals surface area (Å²) in [5.41, 5.74) is -0.668. The number of nitrogens with zero attached hydrogens (tertiary/aromatic N) is 1. The van der Waals surface area contributed by atoms with Crippen molar-refractivity contribution in [3.8, 4) is 0 Å². The second-order valence-corrected chi connectivity index (χ2v) is 4.81. The first kappa shape index (κ1) is 14.5. The third kappa shape index (κ3) is 3.57. The first-order chi connectivity index (χ1) is 9.36. The Hall–Kier alpha value is -1.89. The van der Waals surface area contributed by atoms with Gasteiger partial charge in [-0.15, -0.1) is 0 Å². The highest BCUT2D eigenvalue weighted by Gasteiger charge is 2.30. The molecule has 0 spiro atoms. The van der Waals surface area contributed by atoms with Crippen LogP contribution in [0.1, 0.15) is 15.9 Å². The van der Waals surface area contributed by atoms with Crippen LogP contribution in [0.4, 0.5) is 19.0 Å². The largest absolute Gasteiger partial charge is 0.416 e. The molecule has 1 aromatic heterocycles. The Balaban J connectivity index is 2.11. The van der Waals surface area contributed by atoms with Crippen molar-refractivity contribution in [2.75, 3.05) is 5.32 Å². The zero-order chi connectivity index (χ0) is 14.8. The molecule has 0 bridgehead atoms. The summed E-state index contributed by atoms with van der Waals surface area (Å²) in [4.78, 5) is 15.8. The number of pyridine rings is 1. The highest BCUT2D eigenvalue weighted by Crippen LogP contribution is 2.29. The molecule has 0 atom stereocenters. The van der Waals surface area contributed by atoms with Crippen LogP contribution in [-0.2, 0) is 6.18 Å². The first-order valence-electron chi connectivity index (χ1n) is 5.46. The molecule has 2 aromatic rings. The summed E-state index contributed by atoms with van der Waals surface area (Å²) in [5.74, 6) is -0.202. The molecule has 3 nitrogen and oxygen atoms in total. The van der Waals surface area contributed by atoms with Gasteiger partial charge < -0.3 is 5.32 Å². The van der Waals surface area contributed by atoms with E-state index < -0.39 is 17.6 Å². The number of nitrogens with one attached hydrogen (secondary N) is 1. The fourth-order valence-electron chi connectivity index (χ4n) is 1.45. The molecule has 0 saturated carbocycles. The topological polar surface area (TPSA) is 42.0 Å². The molecule has 0 aliphatic rings. The van der Waals surface area contributed by atoms with Crippen molar-refractivity contribution in [2.24, 2.45) is 0 Å². The van der Waals surface area contributed by atoms with E-state index in [1.165, 1.54) is 6.20 Å². The van der Waals surface area contributed by atoms with Gasteiger partial charge in [0, 0.05) is 16.2 Å². The van der Waals surface area contributed by atoms with Gasteiger partial charge in [0.15, 0.2) is 0 Å². The van der Waals surface area contributed by atoms with E-state index in [4.69, 9.17) is 0 Å². The van der Waals surface area contributed by atoms with Gasteiger partial charge in [0.05, 0.1) is 5.56 Å². The highest BCUT2D eigenvalue weighted by atomic mass is 79.9. The number of carbonyl (C=O) groups excluding carboxylic acids is 1. The predicted molar refractivity (Wildman–Crippen MR) is 71.3 cm³/mol. The van der Waals surface area contributed by atoms with Gasteiger partial charge in [0.1, 0.15) is 5.82 Å². The Morgan fingerprint density at radius 2 is 1.75 bits per heavy atom. The Labute approximate surface area is 121 Å². The molecule has 1 aromatic carbocycles. The maximum Gasteiger partial charge on any atom is 0.416 e. The third-order valence-electron chi connectivity index (χ3n) is 2.44. The third-order valence-corrected chi connectivity index (χ3v) is 2.91. The van der Waals surface area contributed by atoms with E-state index in [1.54, 1.807) is 12.1 Å². The molecule has 7 heteroatoms. The van der Waals surface area contributed by atoms with Crippen molar-refractivity contribution >= 4 is 27.7 Å². The van der Waals surface area contributed by atoms with Crippen molar-refractivity contribution in [3.63, 3.8) is 0 Å².